The number of aromatic nitrogens is 1. The Morgan fingerprint density at radius 1 is 1.38 bits per heavy atom. The van der Waals surface area contributed by atoms with Crippen molar-refractivity contribution in [2.75, 3.05) is 26.3 Å². The normalized spacial score (nSPS) is 23.5. The predicted octanol–water partition coefficient (Wildman–Crippen LogP) is 0.772. The molecule has 1 atom stereocenters. The summed E-state index contributed by atoms with van der Waals surface area (Å²) in [4.78, 5) is 29.1. The van der Waals surface area contributed by atoms with Gasteiger partial charge in [0.1, 0.15) is 6.04 Å². The summed E-state index contributed by atoms with van der Waals surface area (Å²) in [5.41, 5.74) is 0.561. The second-order valence-corrected chi connectivity index (χ2v) is 5.75. The first-order chi connectivity index (χ1) is 10.2. The molecule has 0 aromatic carbocycles. The molecule has 0 aliphatic carbocycles. The van der Waals surface area contributed by atoms with Crippen molar-refractivity contribution in [2.24, 2.45) is 5.92 Å². The number of hydrogen-bond acceptors (Lipinski definition) is 3. The molecule has 2 saturated heterocycles. The zero-order chi connectivity index (χ0) is 14.7. The average Bonchev–Trinajstić information content (AvgIpc) is 3.14. The van der Waals surface area contributed by atoms with E-state index in [4.69, 9.17) is 4.74 Å². The van der Waals surface area contributed by atoms with Crippen molar-refractivity contribution < 1.29 is 14.3 Å². The molecule has 0 bridgehead atoms. The fourth-order valence-corrected chi connectivity index (χ4v) is 3.00. The van der Waals surface area contributed by atoms with Crippen LogP contribution in [0.3, 0.4) is 0 Å². The number of ether oxygens (including phenoxy) is 1. The van der Waals surface area contributed by atoms with Crippen LogP contribution in [0.25, 0.3) is 0 Å². The summed E-state index contributed by atoms with van der Waals surface area (Å²) in [6, 6.07) is 1.32. The Morgan fingerprint density at radius 3 is 2.90 bits per heavy atom. The molecule has 0 spiro atoms. The van der Waals surface area contributed by atoms with Gasteiger partial charge in [0.2, 0.25) is 5.91 Å². The highest BCUT2D eigenvalue weighted by atomic mass is 16.5. The average molecular weight is 291 g/mol. The second-order valence-electron chi connectivity index (χ2n) is 5.75. The fourth-order valence-electron chi connectivity index (χ4n) is 3.00. The fraction of sp³-hybridized carbons (Fsp3) is 0.600. The van der Waals surface area contributed by atoms with Crippen LogP contribution in [-0.2, 0) is 9.53 Å². The van der Waals surface area contributed by atoms with E-state index in [2.05, 4.69) is 10.3 Å². The molecule has 0 saturated carbocycles. The molecule has 114 valence electrons. The third kappa shape index (κ3) is 3.26. The Morgan fingerprint density at radius 2 is 2.19 bits per heavy atom. The van der Waals surface area contributed by atoms with E-state index in [1.807, 2.05) is 4.90 Å². The van der Waals surface area contributed by atoms with Crippen molar-refractivity contribution in [1.29, 1.82) is 0 Å². The molecule has 0 radical (unpaired) electrons. The van der Waals surface area contributed by atoms with Crippen LogP contribution < -0.4 is 5.32 Å². The van der Waals surface area contributed by atoms with E-state index < -0.39 is 0 Å². The largest absolute Gasteiger partial charge is 0.381 e. The summed E-state index contributed by atoms with van der Waals surface area (Å²) >= 11 is 0. The van der Waals surface area contributed by atoms with Gasteiger partial charge in [-0.3, -0.25) is 9.59 Å². The maximum Gasteiger partial charge on any atom is 0.253 e. The summed E-state index contributed by atoms with van der Waals surface area (Å²) in [5.74, 6) is 0.384. The Hall–Kier alpha value is -1.82. The molecule has 2 aliphatic heterocycles. The maximum absolute atomic E-state index is 12.4. The Kier molecular flexibility index (Phi) is 4.24. The molecule has 21 heavy (non-hydrogen) atoms. The number of nitrogens with one attached hydrogen (secondary N) is 2. The first-order valence-corrected chi connectivity index (χ1v) is 7.54. The van der Waals surface area contributed by atoms with E-state index in [1.54, 1.807) is 18.5 Å². The van der Waals surface area contributed by atoms with Crippen molar-refractivity contribution in [3.8, 4) is 0 Å². The topological polar surface area (TPSA) is 74.4 Å². The molecular weight excluding hydrogens is 270 g/mol. The minimum Gasteiger partial charge on any atom is -0.381 e. The molecule has 3 rings (SSSR count). The highest BCUT2D eigenvalue weighted by Gasteiger charge is 2.34. The van der Waals surface area contributed by atoms with Crippen LogP contribution in [0.1, 0.15) is 29.6 Å². The smallest absolute Gasteiger partial charge is 0.253 e. The monoisotopic (exact) mass is 291 g/mol. The number of carbonyl (C=O) groups is 2. The Balaban J connectivity index is 1.52. The number of H-pyrrole nitrogens is 1. The van der Waals surface area contributed by atoms with E-state index in [9.17, 15) is 9.59 Å². The van der Waals surface area contributed by atoms with E-state index >= 15 is 0 Å². The van der Waals surface area contributed by atoms with Gasteiger partial charge in [0.25, 0.3) is 5.91 Å². The summed E-state index contributed by atoms with van der Waals surface area (Å²) in [7, 11) is 0. The Labute approximate surface area is 123 Å². The van der Waals surface area contributed by atoms with E-state index in [0.717, 1.165) is 39.1 Å². The van der Waals surface area contributed by atoms with Crippen LogP contribution in [0.4, 0.5) is 0 Å². The lowest BCUT2D eigenvalue weighted by Gasteiger charge is -2.27. The summed E-state index contributed by atoms with van der Waals surface area (Å²) in [6.45, 7) is 3.10. The van der Waals surface area contributed by atoms with Crippen LogP contribution in [0.15, 0.2) is 18.5 Å². The van der Waals surface area contributed by atoms with Gasteiger partial charge in [-0.05, 0) is 31.2 Å². The Bertz CT molecular complexity index is 494. The van der Waals surface area contributed by atoms with Crippen molar-refractivity contribution in [2.45, 2.75) is 25.3 Å². The number of carbonyl (C=O) groups excluding carboxylic acids is 2. The third-order valence-electron chi connectivity index (χ3n) is 4.28. The summed E-state index contributed by atoms with van der Waals surface area (Å²) < 4.78 is 5.34. The lowest BCUT2D eigenvalue weighted by molar-refractivity contribution is -0.130. The van der Waals surface area contributed by atoms with Gasteiger partial charge in [-0.1, -0.05) is 0 Å². The summed E-state index contributed by atoms with van der Waals surface area (Å²) in [5, 5.41) is 2.82. The molecule has 6 heteroatoms. The number of nitrogens with zero attached hydrogens (tertiary/aromatic N) is 1. The number of likely N-dealkylation sites (tertiary alicyclic amines) is 1. The van der Waals surface area contributed by atoms with Crippen LogP contribution in [0, 0.1) is 5.92 Å². The van der Waals surface area contributed by atoms with E-state index in [0.29, 0.717) is 17.9 Å². The molecule has 3 heterocycles. The summed E-state index contributed by atoms with van der Waals surface area (Å²) in [6.07, 6.45) is 6.06. The first-order valence-electron chi connectivity index (χ1n) is 7.54. The van der Waals surface area contributed by atoms with Crippen molar-refractivity contribution >= 4 is 11.8 Å². The van der Waals surface area contributed by atoms with Gasteiger partial charge in [0.15, 0.2) is 0 Å². The predicted molar refractivity (Wildman–Crippen MR) is 76.8 cm³/mol. The first kappa shape index (κ1) is 14.1. The number of rotatable bonds is 4. The molecule has 2 fully saturated rings. The number of hydrogen-bond donors (Lipinski definition) is 2. The van der Waals surface area contributed by atoms with Crippen LogP contribution in [0.5, 0.6) is 0 Å². The molecule has 6 nitrogen and oxygen atoms in total. The molecule has 1 aromatic heterocycles. The van der Waals surface area contributed by atoms with Gasteiger partial charge >= 0.3 is 0 Å². The molecule has 2 N–H and O–H groups in total. The van der Waals surface area contributed by atoms with E-state index in [-0.39, 0.29) is 17.9 Å². The van der Waals surface area contributed by atoms with Gasteiger partial charge in [0, 0.05) is 38.7 Å². The zero-order valence-corrected chi connectivity index (χ0v) is 12.0. The molecule has 0 unspecified atom stereocenters. The highest BCUT2D eigenvalue weighted by molar-refractivity contribution is 5.97. The molecule has 2 aliphatic rings. The molecular formula is C15H21N3O3. The SMILES string of the molecule is O=C(N[C@H]1CCN(CC2CCOCC2)C1=O)c1cc[nH]c1. The van der Waals surface area contributed by atoms with Crippen LogP contribution >= 0.6 is 0 Å². The standard InChI is InChI=1S/C15H21N3O3/c19-14(12-1-5-16-9-12)17-13-2-6-18(15(13)20)10-11-3-7-21-8-4-11/h1,5,9,11,13,16H,2-4,6-8,10H2,(H,17,19)/t13-/m0/s1. The number of amides is 2. The minimum atomic E-state index is -0.382. The van der Waals surface area contributed by atoms with Crippen LogP contribution in [0.2, 0.25) is 0 Å². The minimum absolute atomic E-state index is 0.0466. The van der Waals surface area contributed by atoms with Crippen molar-refractivity contribution in [3.05, 3.63) is 24.0 Å². The second kappa shape index (κ2) is 6.30. The van der Waals surface area contributed by atoms with E-state index in [1.165, 1.54) is 0 Å². The highest BCUT2D eigenvalue weighted by Crippen LogP contribution is 2.20. The van der Waals surface area contributed by atoms with Gasteiger partial charge in [-0.25, -0.2) is 0 Å². The van der Waals surface area contributed by atoms with Gasteiger partial charge < -0.3 is 19.9 Å². The molecule has 1 aromatic rings. The molecule has 2 amide bonds. The van der Waals surface area contributed by atoms with Crippen molar-refractivity contribution in [3.63, 3.8) is 0 Å². The third-order valence-corrected chi connectivity index (χ3v) is 4.28. The van der Waals surface area contributed by atoms with Gasteiger partial charge in [0.05, 0.1) is 5.56 Å². The van der Waals surface area contributed by atoms with Gasteiger partial charge in [-0.15, -0.1) is 0 Å². The lowest BCUT2D eigenvalue weighted by atomic mass is 10.00. The maximum atomic E-state index is 12.4. The zero-order valence-electron chi connectivity index (χ0n) is 12.0. The lowest BCUT2D eigenvalue weighted by Crippen LogP contribution is -2.42. The van der Waals surface area contributed by atoms with Gasteiger partial charge in [-0.2, -0.15) is 0 Å². The van der Waals surface area contributed by atoms with Crippen molar-refractivity contribution in [1.82, 2.24) is 15.2 Å². The quantitative estimate of drug-likeness (QED) is 0.860. The van der Waals surface area contributed by atoms with Crippen LogP contribution in [-0.4, -0.2) is 54.0 Å². The number of aromatic amines is 1.